The standard InChI is InChI=1S/C28H19IN2O/c29-21-10-6-7-19(17-21)18-30-22-13-15-23(16-14-22)31-27-24-11-4-5-12-25(24)28(32)26(27)20-8-2-1-3-9-20/h1-18,26H. The van der Waals surface area contributed by atoms with Crippen LogP contribution in [0.2, 0.25) is 0 Å². The molecule has 0 saturated heterocycles. The third-order valence-corrected chi connectivity index (χ3v) is 6.12. The van der Waals surface area contributed by atoms with Crippen LogP contribution < -0.4 is 0 Å². The predicted octanol–water partition coefficient (Wildman–Crippen LogP) is 7.14. The Morgan fingerprint density at radius 1 is 0.719 bits per heavy atom. The van der Waals surface area contributed by atoms with Crippen molar-refractivity contribution in [2.45, 2.75) is 5.92 Å². The number of fused-ring (bicyclic) bond motifs is 1. The highest BCUT2D eigenvalue weighted by Gasteiger charge is 2.37. The minimum atomic E-state index is -0.383. The van der Waals surface area contributed by atoms with Crippen molar-refractivity contribution in [1.29, 1.82) is 0 Å². The molecule has 0 radical (unpaired) electrons. The molecule has 32 heavy (non-hydrogen) atoms. The Kier molecular flexibility index (Phi) is 5.77. The molecule has 5 rings (SSSR count). The van der Waals surface area contributed by atoms with E-state index in [9.17, 15) is 4.79 Å². The average molecular weight is 526 g/mol. The van der Waals surface area contributed by atoms with E-state index in [0.717, 1.165) is 39.3 Å². The number of halogens is 1. The number of carbonyl (C=O) groups excluding carboxylic acids is 1. The third-order valence-electron chi connectivity index (χ3n) is 5.45. The molecular weight excluding hydrogens is 507 g/mol. The van der Waals surface area contributed by atoms with Crippen LogP contribution in [0.1, 0.15) is 33.0 Å². The Morgan fingerprint density at radius 2 is 1.41 bits per heavy atom. The first kappa shape index (κ1) is 20.5. The van der Waals surface area contributed by atoms with Gasteiger partial charge in [-0.3, -0.25) is 14.8 Å². The maximum Gasteiger partial charge on any atom is 0.176 e. The molecule has 4 heteroatoms. The number of Topliss-reactive ketones (excluding diaryl/α,β-unsaturated/α-hetero) is 1. The van der Waals surface area contributed by atoms with Gasteiger partial charge in [-0.25, -0.2) is 0 Å². The summed E-state index contributed by atoms with van der Waals surface area (Å²) in [6.07, 6.45) is 1.86. The smallest absolute Gasteiger partial charge is 0.176 e. The summed E-state index contributed by atoms with van der Waals surface area (Å²) in [6.45, 7) is 0. The van der Waals surface area contributed by atoms with E-state index in [0.29, 0.717) is 0 Å². The molecule has 1 aliphatic rings. The topological polar surface area (TPSA) is 41.8 Å². The zero-order valence-corrected chi connectivity index (χ0v) is 19.3. The highest BCUT2D eigenvalue weighted by molar-refractivity contribution is 14.1. The Balaban J connectivity index is 1.48. The predicted molar refractivity (Wildman–Crippen MR) is 139 cm³/mol. The van der Waals surface area contributed by atoms with E-state index in [4.69, 9.17) is 4.99 Å². The zero-order chi connectivity index (χ0) is 21.9. The van der Waals surface area contributed by atoms with Gasteiger partial charge < -0.3 is 0 Å². The quantitative estimate of drug-likeness (QED) is 0.206. The molecule has 0 aliphatic heterocycles. The van der Waals surface area contributed by atoms with Gasteiger partial charge in [-0.15, -0.1) is 0 Å². The lowest BCUT2D eigenvalue weighted by Crippen LogP contribution is -2.13. The lowest BCUT2D eigenvalue weighted by atomic mass is 9.93. The number of rotatable bonds is 4. The molecule has 0 saturated carbocycles. The number of benzene rings is 4. The van der Waals surface area contributed by atoms with E-state index in [-0.39, 0.29) is 11.7 Å². The molecule has 0 heterocycles. The van der Waals surface area contributed by atoms with Crippen LogP contribution in [0.4, 0.5) is 11.4 Å². The second-order valence-electron chi connectivity index (χ2n) is 7.58. The maximum absolute atomic E-state index is 13.2. The molecule has 0 aromatic heterocycles. The van der Waals surface area contributed by atoms with Gasteiger partial charge in [0.25, 0.3) is 0 Å². The Hall–Kier alpha value is -3.38. The molecule has 154 valence electrons. The molecular formula is C28H19IN2O. The Labute approximate surface area is 200 Å². The number of carbonyl (C=O) groups is 1. The third kappa shape index (κ3) is 4.18. The highest BCUT2D eigenvalue weighted by Crippen LogP contribution is 2.36. The van der Waals surface area contributed by atoms with Gasteiger partial charge in [-0.2, -0.15) is 0 Å². The van der Waals surface area contributed by atoms with Crippen molar-refractivity contribution in [2.24, 2.45) is 9.98 Å². The van der Waals surface area contributed by atoms with Gasteiger partial charge >= 0.3 is 0 Å². The molecule has 1 aliphatic carbocycles. The van der Waals surface area contributed by atoms with E-state index in [1.54, 1.807) is 0 Å². The van der Waals surface area contributed by atoms with Crippen molar-refractivity contribution in [3.8, 4) is 0 Å². The summed E-state index contributed by atoms with van der Waals surface area (Å²) in [5.41, 5.74) is 6.13. The van der Waals surface area contributed by atoms with Crippen LogP contribution in [0.25, 0.3) is 0 Å². The molecule has 4 aromatic carbocycles. The van der Waals surface area contributed by atoms with Crippen molar-refractivity contribution in [3.05, 3.63) is 129 Å². The van der Waals surface area contributed by atoms with Crippen LogP contribution in [0, 0.1) is 3.57 Å². The largest absolute Gasteiger partial charge is 0.293 e. The number of hydrogen-bond acceptors (Lipinski definition) is 3. The number of ketones is 1. The minimum absolute atomic E-state index is 0.101. The van der Waals surface area contributed by atoms with Crippen molar-refractivity contribution >= 4 is 51.7 Å². The molecule has 1 unspecified atom stereocenters. The molecule has 0 amide bonds. The van der Waals surface area contributed by atoms with E-state index >= 15 is 0 Å². The van der Waals surface area contributed by atoms with Gasteiger partial charge in [0, 0.05) is 20.9 Å². The molecule has 0 spiro atoms. The summed E-state index contributed by atoms with van der Waals surface area (Å²) in [5, 5.41) is 0. The molecule has 0 fully saturated rings. The Bertz CT molecular complexity index is 1340. The van der Waals surface area contributed by atoms with Gasteiger partial charge in [0.1, 0.15) is 0 Å². The van der Waals surface area contributed by atoms with E-state index in [2.05, 4.69) is 39.7 Å². The summed E-state index contributed by atoms with van der Waals surface area (Å²) in [4.78, 5) is 22.7. The second-order valence-corrected chi connectivity index (χ2v) is 8.83. The van der Waals surface area contributed by atoms with Crippen LogP contribution in [-0.4, -0.2) is 17.7 Å². The fraction of sp³-hybridized carbons (Fsp3) is 0.0357. The van der Waals surface area contributed by atoms with Crippen LogP contribution in [-0.2, 0) is 0 Å². The van der Waals surface area contributed by atoms with Gasteiger partial charge in [0.15, 0.2) is 5.78 Å². The average Bonchev–Trinajstić information content (AvgIpc) is 3.11. The summed E-state index contributed by atoms with van der Waals surface area (Å²) in [6, 6.07) is 33.6. The number of aliphatic imine (C=N–C) groups is 2. The fourth-order valence-corrected chi connectivity index (χ4v) is 4.49. The number of hydrogen-bond donors (Lipinski definition) is 0. The summed E-state index contributed by atoms with van der Waals surface area (Å²) < 4.78 is 1.18. The van der Waals surface area contributed by atoms with Crippen LogP contribution in [0.5, 0.6) is 0 Å². The Morgan fingerprint density at radius 3 is 2.16 bits per heavy atom. The minimum Gasteiger partial charge on any atom is -0.293 e. The SMILES string of the molecule is O=C1c2ccccc2C(=Nc2ccc(N=Cc3cccc(I)c3)cc2)C1c1ccccc1. The van der Waals surface area contributed by atoms with Crippen molar-refractivity contribution < 1.29 is 4.79 Å². The second kappa shape index (κ2) is 9.01. The summed E-state index contributed by atoms with van der Waals surface area (Å²) in [7, 11) is 0. The van der Waals surface area contributed by atoms with E-state index < -0.39 is 0 Å². The molecule has 4 aromatic rings. The van der Waals surface area contributed by atoms with Gasteiger partial charge in [-0.05, 0) is 70.1 Å². The van der Waals surface area contributed by atoms with Crippen molar-refractivity contribution in [3.63, 3.8) is 0 Å². The number of nitrogens with zero attached hydrogens (tertiary/aromatic N) is 2. The first-order valence-electron chi connectivity index (χ1n) is 10.4. The molecule has 0 N–H and O–H groups in total. The van der Waals surface area contributed by atoms with E-state index in [1.165, 1.54) is 3.57 Å². The monoisotopic (exact) mass is 526 g/mol. The van der Waals surface area contributed by atoms with Gasteiger partial charge in [0.05, 0.1) is 23.0 Å². The van der Waals surface area contributed by atoms with Crippen molar-refractivity contribution in [2.75, 3.05) is 0 Å². The fourth-order valence-electron chi connectivity index (χ4n) is 3.92. The maximum atomic E-state index is 13.2. The van der Waals surface area contributed by atoms with E-state index in [1.807, 2.05) is 97.2 Å². The lowest BCUT2D eigenvalue weighted by molar-refractivity contribution is 0.0988. The lowest BCUT2D eigenvalue weighted by Gasteiger charge is -2.11. The summed E-state index contributed by atoms with van der Waals surface area (Å²) >= 11 is 2.29. The van der Waals surface area contributed by atoms with Crippen LogP contribution in [0.3, 0.4) is 0 Å². The van der Waals surface area contributed by atoms with Crippen LogP contribution in [0.15, 0.2) is 113 Å². The first-order valence-corrected chi connectivity index (χ1v) is 11.4. The summed E-state index contributed by atoms with van der Waals surface area (Å²) in [5.74, 6) is -0.281. The van der Waals surface area contributed by atoms with Gasteiger partial charge in [-0.1, -0.05) is 66.7 Å². The highest BCUT2D eigenvalue weighted by atomic mass is 127. The first-order chi connectivity index (χ1) is 15.7. The molecule has 1 atom stereocenters. The molecule has 3 nitrogen and oxygen atoms in total. The van der Waals surface area contributed by atoms with Gasteiger partial charge in [0.2, 0.25) is 0 Å². The molecule has 0 bridgehead atoms. The van der Waals surface area contributed by atoms with Crippen LogP contribution >= 0.6 is 22.6 Å². The normalized spacial score (nSPS) is 16.6. The van der Waals surface area contributed by atoms with Crippen molar-refractivity contribution in [1.82, 2.24) is 0 Å². The zero-order valence-electron chi connectivity index (χ0n) is 17.2.